The molecule has 0 bridgehead atoms. The molecule has 1 aromatic rings. The second-order valence-electron chi connectivity index (χ2n) is 3.42. The Balaban J connectivity index is 2.41. The number of halogens is 2. The van der Waals surface area contributed by atoms with Crippen molar-refractivity contribution in [3.8, 4) is 5.75 Å². The van der Waals surface area contributed by atoms with Gasteiger partial charge in [0.1, 0.15) is 11.6 Å². The SMILES string of the molecule is O=C(c1cc(Cl)c(O)cc1F)C1CC1. The average molecular weight is 215 g/mol. The molecule has 1 N–H and O–H groups in total. The minimum Gasteiger partial charge on any atom is -0.506 e. The maximum atomic E-state index is 13.2. The van der Waals surface area contributed by atoms with Crippen molar-refractivity contribution in [1.82, 2.24) is 0 Å². The molecule has 1 aliphatic rings. The molecule has 0 saturated heterocycles. The zero-order valence-electron chi connectivity index (χ0n) is 7.26. The first-order valence-electron chi connectivity index (χ1n) is 4.32. The van der Waals surface area contributed by atoms with Gasteiger partial charge < -0.3 is 5.11 Å². The highest BCUT2D eigenvalue weighted by Crippen LogP contribution is 2.35. The van der Waals surface area contributed by atoms with E-state index in [2.05, 4.69) is 0 Å². The molecule has 0 radical (unpaired) electrons. The van der Waals surface area contributed by atoms with Crippen molar-refractivity contribution in [3.05, 3.63) is 28.5 Å². The normalized spacial score (nSPS) is 15.6. The van der Waals surface area contributed by atoms with Crippen LogP contribution in [0.1, 0.15) is 23.2 Å². The van der Waals surface area contributed by atoms with Crippen molar-refractivity contribution in [2.75, 3.05) is 0 Å². The Labute approximate surface area is 85.3 Å². The summed E-state index contributed by atoms with van der Waals surface area (Å²) >= 11 is 5.59. The van der Waals surface area contributed by atoms with E-state index in [1.54, 1.807) is 0 Å². The predicted molar refractivity (Wildman–Crippen MR) is 50.1 cm³/mol. The molecule has 2 nitrogen and oxygen atoms in total. The van der Waals surface area contributed by atoms with Crippen LogP contribution in [0, 0.1) is 11.7 Å². The van der Waals surface area contributed by atoms with Gasteiger partial charge in [0.05, 0.1) is 10.6 Å². The zero-order chi connectivity index (χ0) is 10.3. The number of phenolic OH excluding ortho intramolecular Hbond substituents is 1. The van der Waals surface area contributed by atoms with E-state index in [0.29, 0.717) is 0 Å². The zero-order valence-corrected chi connectivity index (χ0v) is 8.01. The Hall–Kier alpha value is -1.09. The number of hydrogen-bond donors (Lipinski definition) is 1. The number of Topliss-reactive ketones (excluding diaryl/α,β-unsaturated/α-hetero) is 1. The molecule has 1 fully saturated rings. The lowest BCUT2D eigenvalue weighted by molar-refractivity contribution is 0.0963. The number of ketones is 1. The fourth-order valence-electron chi connectivity index (χ4n) is 1.29. The molecule has 14 heavy (non-hydrogen) atoms. The van der Waals surface area contributed by atoms with Crippen LogP contribution in [0.15, 0.2) is 12.1 Å². The van der Waals surface area contributed by atoms with Gasteiger partial charge in [-0.25, -0.2) is 4.39 Å². The lowest BCUT2D eigenvalue weighted by Gasteiger charge is -2.03. The van der Waals surface area contributed by atoms with Crippen molar-refractivity contribution < 1.29 is 14.3 Å². The molecule has 4 heteroatoms. The molecular weight excluding hydrogens is 207 g/mol. The Morgan fingerprint density at radius 2 is 2.14 bits per heavy atom. The van der Waals surface area contributed by atoms with Crippen molar-refractivity contribution in [2.45, 2.75) is 12.8 Å². The predicted octanol–water partition coefficient (Wildman–Crippen LogP) is 2.78. The Morgan fingerprint density at radius 3 is 2.71 bits per heavy atom. The number of carbonyl (C=O) groups excluding carboxylic acids is 1. The van der Waals surface area contributed by atoms with E-state index in [4.69, 9.17) is 16.7 Å². The molecule has 0 atom stereocenters. The van der Waals surface area contributed by atoms with Gasteiger partial charge in [0.15, 0.2) is 5.78 Å². The van der Waals surface area contributed by atoms with E-state index in [1.165, 1.54) is 6.07 Å². The van der Waals surface area contributed by atoms with Gasteiger partial charge in [-0.2, -0.15) is 0 Å². The van der Waals surface area contributed by atoms with E-state index in [0.717, 1.165) is 18.9 Å². The Morgan fingerprint density at radius 1 is 1.50 bits per heavy atom. The summed E-state index contributed by atoms with van der Waals surface area (Å²) in [7, 11) is 0. The van der Waals surface area contributed by atoms with Crippen LogP contribution in [0.25, 0.3) is 0 Å². The summed E-state index contributed by atoms with van der Waals surface area (Å²) in [4.78, 5) is 11.5. The van der Waals surface area contributed by atoms with Crippen molar-refractivity contribution in [3.63, 3.8) is 0 Å². The summed E-state index contributed by atoms with van der Waals surface area (Å²) in [5, 5.41) is 9.09. The summed E-state index contributed by atoms with van der Waals surface area (Å²) in [5.74, 6) is -1.31. The van der Waals surface area contributed by atoms with Crippen LogP contribution in [-0.2, 0) is 0 Å². The molecule has 74 valence electrons. The van der Waals surface area contributed by atoms with E-state index < -0.39 is 5.82 Å². The number of phenols is 1. The molecule has 0 unspecified atom stereocenters. The smallest absolute Gasteiger partial charge is 0.168 e. The van der Waals surface area contributed by atoms with Gasteiger partial charge in [-0.3, -0.25) is 4.79 Å². The number of benzene rings is 1. The van der Waals surface area contributed by atoms with Gasteiger partial charge in [0.2, 0.25) is 0 Å². The van der Waals surface area contributed by atoms with Crippen LogP contribution in [-0.4, -0.2) is 10.9 Å². The summed E-state index contributed by atoms with van der Waals surface area (Å²) < 4.78 is 13.2. The first kappa shape index (κ1) is 9.46. The molecule has 1 saturated carbocycles. The van der Waals surface area contributed by atoms with E-state index in [-0.39, 0.29) is 28.0 Å². The monoisotopic (exact) mass is 214 g/mol. The minimum atomic E-state index is -0.705. The fraction of sp³-hybridized carbons (Fsp3) is 0.300. The number of aromatic hydroxyl groups is 1. The van der Waals surface area contributed by atoms with Crippen LogP contribution in [0.3, 0.4) is 0 Å². The largest absolute Gasteiger partial charge is 0.506 e. The second kappa shape index (κ2) is 3.24. The van der Waals surface area contributed by atoms with Crippen LogP contribution in [0.2, 0.25) is 5.02 Å². The summed E-state index contributed by atoms with van der Waals surface area (Å²) in [6.07, 6.45) is 1.63. The molecule has 1 aliphatic carbocycles. The topological polar surface area (TPSA) is 37.3 Å². The van der Waals surface area contributed by atoms with Crippen LogP contribution < -0.4 is 0 Å². The third-order valence-electron chi connectivity index (χ3n) is 2.25. The van der Waals surface area contributed by atoms with Crippen LogP contribution in [0.5, 0.6) is 5.75 Å². The maximum Gasteiger partial charge on any atom is 0.168 e. The van der Waals surface area contributed by atoms with Crippen molar-refractivity contribution in [2.24, 2.45) is 5.92 Å². The highest BCUT2D eigenvalue weighted by molar-refractivity contribution is 6.32. The van der Waals surface area contributed by atoms with Gasteiger partial charge in [0.25, 0.3) is 0 Å². The van der Waals surface area contributed by atoms with E-state index in [1.807, 2.05) is 0 Å². The molecule has 0 aliphatic heterocycles. The molecule has 2 rings (SSSR count). The highest BCUT2D eigenvalue weighted by Gasteiger charge is 2.32. The standard InChI is InChI=1S/C10H8ClFO2/c11-7-3-6(8(12)4-9(7)13)10(14)5-1-2-5/h3-5,13H,1-2H2. The van der Waals surface area contributed by atoms with Gasteiger partial charge in [-0.05, 0) is 18.9 Å². The lowest BCUT2D eigenvalue weighted by Crippen LogP contribution is -2.04. The summed E-state index contributed by atoms with van der Waals surface area (Å²) in [6, 6.07) is 2.06. The maximum absolute atomic E-state index is 13.2. The molecule has 0 heterocycles. The van der Waals surface area contributed by atoms with E-state index in [9.17, 15) is 9.18 Å². The number of rotatable bonds is 2. The quantitative estimate of drug-likeness (QED) is 0.769. The fourth-order valence-corrected chi connectivity index (χ4v) is 1.45. The van der Waals surface area contributed by atoms with Crippen molar-refractivity contribution >= 4 is 17.4 Å². The summed E-state index contributed by atoms with van der Waals surface area (Å²) in [6.45, 7) is 0. The third-order valence-corrected chi connectivity index (χ3v) is 2.55. The molecule has 0 spiro atoms. The molecule has 1 aromatic carbocycles. The molecular formula is C10H8ClFO2. The number of hydrogen-bond acceptors (Lipinski definition) is 2. The minimum absolute atomic E-state index is 0.00963. The van der Waals surface area contributed by atoms with Crippen LogP contribution >= 0.6 is 11.6 Å². The van der Waals surface area contributed by atoms with Gasteiger partial charge in [0, 0.05) is 12.0 Å². The first-order valence-corrected chi connectivity index (χ1v) is 4.69. The van der Waals surface area contributed by atoms with Gasteiger partial charge in [-0.15, -0.1) is 0 Å². The summed E-state index contributed by atoms with van der Waals surface area (Å²) in [5.41, 5.74) is -0.0182. The van der Waals surface area contributed by atoms with Crippen LogP contribution in [0.4, 0.5) is 4.39 Å². The Kier molecular flexibility index (Phi) is 2.19. The average Bonchev–Trinajstić information content (AvgIpc) is 2.93. The van der Waals surface area contributed by atoms with Gasteiger partial charge >= 0.3 is 0 Å². The second-order valence-corrected chi connectivity index (χ2v) is 3.83. The van der Waals surface area contributed by atoms with Crippen molar-refractivity contribution in [1.29, 1.82) is 0 Å². The lowest BCUT2D eigenvalue weighted by atomic mass is 10.1. The van der Waals surface area contributed by atoms with E-state index >= 15 is 0 Å². The molecule has 0 amide bonds. The molecule has 0 aromatic heterocycles. The third kappa shape index (κ3) is 1.60. The van der Waals surface area contributed by atoms with Gasteiger partial charge in [-0.1, -0.05) is 11.6 Å². The highest BCUT2D eigenvalue weighted by atomic mass is 35.5. The first-order chi connectivity index (χ1) is 6.59. The Bertz CT molecular complexity index is 399. The number of carbonyl (C=O) groups is 1.